The van der Waals surface area contributed by atoms with Crippen LogP contribution in [-0.4, -0.2) is 23.2 Å². The predicted octanol–water partition coefficient (Wildman–Crippen LogP) is -0.0594. The van der Waals surface area contributed by atoms with Crippen molar-refractivity contribution >= 4 is 5.97 Å². The first-order chi connectivity index (χ1) is 4.30. The summed E-state index contributed by atoms with van der Waals surface area (Å²) in [5, 5.41) is 8.34. The Morgan fingerprint density at radius 1 is 1.70 bits per heavy atom. The van der Waals surface area contributed by atoms with Crippen LogP contribution in [0, 0.1) is 0 Å². The summed E-state index contributed by atoms with van der Waals surface area (Å²) in [5.41, 5.74) is 0. The lowest BCUT2D eigenvalue weighted by Gasteiger charge is -2.09. The lowest BCUT2D eigenvalue weighted by molar-refractivity contribution is -0.136. The number of carboxylic acids is 1. The molecule has 58 valence electrons. The van der Waals surface area contributed by atoms with Gasteiger partial charge in [-0.1, -0.05) is 0 Å². The Bertz CT molecular complexity index is 150. The number of hydrogen-bond acceptors (Lipinski definition) is 2. The number of carboxylic acid groups (broad SMARTS) is 1. The molecular weight excluding hydrogens is 136 g/mol. The Morgan fingerprint density at radius 3 is 2.70 bits per heavy atom. The zero-order valence-electron chi connectivity index (χ0n) is 5.46. The quantitative estimate of drug-likeness (QED) is 0.562. The SMILES string of the molecule is O.O=C(O)C1=CCCCO1. The standard InChI is InChI=1S/C6H8O3.H2O/c7-6(8)5-3-1-2-4-9-5;/h3H,1-2,4H2,(H,7,8);1H2. The van der Waals surface area contributed by atoms with Gasteiger partial charge in [-0.3, -0.25) is 0 Å². The molecule has 4 nitrogen and oxygen atoms in total. The Hall–Kier alpha value is -1.03. The van der Waals surface area contributed by atoms with Gasteiger partial charge in [-0.15, -0.1) is 0 Å². The summed E-state index contributed by atoms with van der Waals surface area (Å²) in [5.74, 6) is -0.865. The third-order valence-electron chi connectivity index (χ3n) is 1.15. The minimum absolute atomic E-state index is 0. The van der Waals surface area contributed by atoms with Gasteiger partial charge >= 0.3 is 5.97 Å². The van der Waals surface area contributed by atoms with E-state index in [1.807, 2.05) is 0 Å². The molecule has 0 unspecified atom stereocenters. The summed E-state index contributed by atoms with van der Waals surface area (Å²) in [4.78, 5) is 10.2. The molecule has 0 aliphatic carbocycles. The number of allylic oxidation sites excluding steroid dienone is 1. The summed E-state index contributed by atoms with van der Waals surface area (Å²) in [6.07, 6.45) is 3.35. The highest BCUT2D eigenvalue weighted by atomic mass is 16.5. The molecule has 1 rings (SSSR count). The van der Waals surface area contributed by atoms with E-state index in [0.717, 1.165) is 12.8 Å². The van der Waals surface area contributed by atoms with Crippen LogP contribution in [-0.2, 0) is 9.53 Å². The van der Waals surface area contributed by atoms with E-state index in [9.17, 15) is 4.79 Å². The predicted molar refractivity (Wildman–Crippen MR) is 34.5 cm³/mol. The van der Waals surface area contributed by atoms with Crippen LogP contribution < -0.4 is 0 Å². The molecule has 0 atom stereocenters. The van der Waals surface area contributed by atoms with E-state index in [-0.39, 0.29) is 11.2 Å². The molecule has 1 aliphatic rings. The van der Waals surface area contributed by atoms with E-state index in [0.29, 0.717) is 6.61 Å². The van der Waals surface area contributed by atoms with E-state index in [4.69, 9.17) is 9.84 Å². The first kappa shape index (κ1) is 8.97. The van der Waals surface area contributed by atoms with Crippen LogP contribution in [0.1, 0.15) is 12.8 Å². The largest absolute Gasteiger partial charge is 0.487 e. The molecule has 0 aromatic carbocycles. The molecule has 0 spiro atoms. The smallest absolute Gasteiger partial charge is 0.370 e. The fourth-order valence-electron chi connectivity index (χ4n) is 0.707. The molecule has 0 aromatic rings. The molecule has 0 saturated heterocycles. The zero-order valence-corrected chi connectivity index (χ0v) is 5.46. The van der Waals surface area contributed by atoms with Crippen LogP contribution in [0.15, 0.2) is 11.8 Å². The van der Waals surface area contributed by atoms with Crippen LogP contribution in [0.5, 0.6) is 0 Å². The highest BCUT2D eigenvalue weighted by Gasteiger charge is 2.10. The van der Waals surface area contributed by atoms with Crippen LogP contribution in [0.4, 0.5) is 0 Å². The Morgan fingerprint density at radius 2 is 2.40 bits per heavy atom. The van der Waals surface area contributed by atoms with E-state index in [1.54, 1.807) is 6.08 Å². The van der Waals surface area contributed by atoms with Crippen LogP contribution in [0.25, 0.3) is 0 Å². The van der Waals surface area contributed by atoms with Crippen molar-refractivity contribution in [1.29, 1.82) is 0 Å². The maximum Gasteiger partial charge on any atom is 0.370 e. The van der Waals surface area contributed by atoms with Crippen molar-refractivity contribution in [2.45, 2.75) is 12.8 Å². The third-order valence-corrected chi connectivity index (χ3v) is 1.15. The highest BCUT2D eigenvalue weighted by Crippen LogP contribution is 2.08. The third kappa shape index (κ3) is 2.06. The summed E-state index contributed by atoms with van der Waals surface area (Å²) < 4.78 is 4.80. The average Bonchev–Trinajstić information content (AvgIpc) is 1.90. The molecule has 4 heteroatoms. The number of rotatable bonds is 1. The van der Waals surface area contributed by atoms with Gasteiger partial charge < -0.3 is 15.3 Å². The Kier molecular flexibility index (Phi) is 3.49. The second-order valence-electron chi connectivity index (χ2n) is 1.86. The van der Waals surface area contributed by atoms with Gasteiger partial charge in [0.15, 0.2) is 5.76 Å². The van der Waals surface area contributed by atoms with Crippen molar-refractivity contribution in [1.82, 2.24) is 0 Å². The Balaban J connectivity index is 0.000000810. The fourth-order valence-corrected chi connectivity index (χ4v) is 0.707. The maximum atomic E-state index is 10.2. The number of carbonyl (C=O) groups is 1. The second-order valence-corrected chi connectivity index (χ2v) is 1.86. The van der Waals surface area contributed by atoms with Crippen molar-refractivity contribution in [2.24, 2.45) is 0 Å². The summed E-state index contributed by atoms with van der Waals surface area (Å²) in [7, 11) is 0. The first-order valence-electron chi connectivity index (χ1n) is 2.87. The van der Waals surface area contributed by atoms with Crippen molar-refractivity contribution in [3.8, 4) is 0 Å². The van der Waals surface area contributed by atoms with E-state index < -0.39 is 5.97 Å². The second kappa shape index (κ2) is 3.90. The molecule has 0 fully saturated rings. The number of ether oxygens (including phenoxy) is 1. The molecule has 1 heterocycles. The van der Waals surface area contributed by atoms with Gasteiger partial charge in [0, 0.05) is 0 Å². The first-order valence-corrected chi connectivity index (χ1v) is 2.87. The minimum Gasteiger partial charge on any atom is -0.487 e. The lowest BCUT2D eigenvalue weighted by atomic mass is 10.2. The minimum atomic E-state index is -0.963. The van der Waals surface area contributed by atoms with Gasteiger partial charge in [0.25, 0.3) is 0 Å². The molecule has 0 aromatic heterocycles. The lowest BCUT2D eigenvalue weighted by Crippen LogP contribution is -2.09. The van der Waals surface area contributed by atoms with Gasteiger partial charge in [-0.05, 0) is 18.9 Å². The average molecular weight is 146 g/mol. The van der Waals surface area contributed by atoms with Gasteiger partial charge in [0.1, 0.15) is 0 Å². The normalized spacial score (nSPS) is 16.2. The summed E-state index contributed by atoms with van der Waals surface area (Å²) >= 11 is 0. The summed E-state index contributed by atoms with van der Waals surface area (Å²) in [6, 6.07) is 0. The molecule has 3 N–H and O–H groups in total. The van der Waals surface area contributed by atoms with Crippen molar-refractivity contribution in [3.05, 3.63) is 11.8 Å². The van der Waals surface area contributed by atoms with Gasteiger partial charge in [0.2, 0.25) is 0 Å². The van der Waals surface area contributed by atoms with Gasteiger partial charge in [0.05, 0.1) is 6.61 Å². The molecule has 1 aliphatic heterocycles. The van der Waals surface area contributed by atoms with E-state index >= 15 is 0 Å². The van der Waals surface area contributed by atoms with Gasteiger partial charge in [-0.2, -0.15) is 0 Å². The molecule has 0 bridgehead atoms. The molecular formula is C6H10O4. The number of aliphatic carboxylic acids is 1. The molecule has 0 radical (unpaired) electrons. The van der Waals surface area contributed by atoms with Crippen molar-refractivity contribution < 1.29 is 20.1 Å². The van der Waals surface area contributed by atoms with Crippen LogP contribution in [0.3, 0.4) is 0 Å². The van der Waals surface area contributed by atoms with E-state index in [2.05, 4.69) is 0 Å². The molecule has 10 heavy (non-hydrogen) atoms. The maximum absolute atomic E-state index is 10.2. The number of hydrogen-bond donors (Lipinski definition) is 1. The zero-order chi connectivity index (χ0) is 6.69. The monoisotopic (exact) mass is 146 g/mol. The van der Waals surface area contributed by atoms with Crippen molar-refractivity contribution in [3.63, 3.8) is 0 Å². The molecule has 0 saturated carbocycles. The van der Waals surface area contributed by atoms with Crippen LogP contribution in [0.2, 0.25) is 0 Å². The van der Waals surface area contributed by atoms with Gasteiger partial charge in [-0.25, -0.2) is 4.79 Å². The van der Waals surface area contributed by atoms with Crippen molar-refractivity contribution in [2.75, 3.05) is 6.61 Å². The molecule has 0 amide bonds. The summed E-state index contributed by atoms with van der Waals surface area (Å²) in [6.45, 7) is 0.540. The topological polar surface area (TPSA) is 78.0 Å². The Labute approximate surface area is 58.4 Å². The van der Waals surface area contributed by atoms with Crippen LogP contribution >= 0.6 is 0 Å². The fraction of sp³-hybridized carbons (Fsp3) is 0.500. The highest BCUT2D eigenvalue weighted by molar-refractivity contribution is 5.84. The van der Waals surface area contributed by atoms with E-state index in [1.165, 1.54) is 0 Å².